The highest BCUT2D eigenvalue weighted by molar-refractivity contribution is 5.87. The first-order valence-corrected chi connectivity index (χ1v) is 5.60. The molecule has 0 spiro atoms. The van der Waals surface area contributed by atoms with Gasteiger partial charge in [-0.05, 0) is 24.6 Å². The Morgan fingerprint density at radius 3 is 2.84 bits per heavy atom. The summed E-state index contributed by atoms with van der Waals surface area (Å²) in [5, 5.41) is 9.09. The van der Waals surface area contributed by atoms with Crippen LogP contribution in [0, 0.1) is 6.92 Å². The van der Waals surface area contributed by atoms with E-state index in [1.165, 1.54) is 6.92 Å². The molecule has 1 N–H and O–H groups in total. The highest BCUT2D eigenvalue weighted by Crippen LogP contribution is 2.15. The number of nitrogens with zero attached hydrogens (tertiary/aromatic N) is 1. The zero-order valence-electron chi connectivity index (χ0n) is 10.5. The highest BCUT2D eigenvalue weighted by atomic mass is 16.5. The SMILES string of the molecule is COc1cccc(Cn2oc(=O)c(C)c2C(=O)O)c1. The first-order chi connectivity index (χ1) is 9.02. The maximum atomic E-state index is 11.4. The van der Waals surface area contributed by atoms with Crippen molar-refractivity contribution in [3.05, 3.63) is 51.5 Å². The maximum Gasteiger partial charge on any atom is 0.361 e. The summed E-state index contributed by atoms with van der Waals surface area (Å²) in [6, 6.07) is 7.10. The van der Waals surface area contributed by atoms with Gasteiger partial charge in [0.25, 0.3) is 0 Å². The van der Waals surface area contributed by atoms with E-state index in [0.717, 1.165) is 10.3 Å². The van der Waals surface area contributed by atoms with E-state index in [-0.39, 0.29) is 17.8 Å². The number of aromatic carboxylic acids is 1. The van der Waals surface area contributed by atoms with Crippen molar-refractivity contribution in [3.8, 4) is 5.75 Å². The lowest BCUT2D eigenvalue weighted by atomic mass is 10.2. The third-order valence-electron chi connectivity index (χ3n) is 2.77. The second-order valence-electron chi connectivity index (χ2n) is 4.05. The summed E-state index contributed by atoms with van der Waals surface area (Å²) in [4.78, 5) is 22.5. The van der Waals surface area contributed by atoms with E-state index in [0.29, 0.717) is 5.75 Å². The van der Waals surface area contributed by atoms with Gasteiger partial charge in [0.1, 0.15) is 5.75 Å². The molecule has 1 aromatic heterocycles. The Labute approximate surface area is 108 Å². The summed E-state index contributed by atoms with van der Waals surface area (Å²) in [6.45, 7) is 1.58. The van der Waals surface area contributed by atoms with E-state index < -0.39 is 11.6 Å². The van der Waals surface area contributed by atoms with E-state index >= 15 is 0 Å². The zero-order chi connectivity index (χ0) is 14.0. The van der Waals surface area contributed by atoms with Gasteiger partial charge in [0.2, 0.25) is 0 Å². The second kappa shape index (κ2) is 5.01. The fraction of sp³-hybridized carbons (Fsp3) is 0.231. The van der Waals surface area contributed by atoms with E-state index in [4.69, 9.17) is 14.4 Å². The highest BCUT2D eigenvalue weighted by Gasteiger charge is 2.20. The van der Waals surface area contributed by atoms with Crippen molar-refractivity contribution in [2.45, 2.75) is 13.5 Å². The minimum Gasteiger partial charge on any atom is -0.497 e. The van der Waals surface area contributed by atoms with Crippen molar-refractivity contribution in [1.29, 1.82) is 0 Å². The van der Waals surface area contributed by atoms with Crippen LogP contribution in [0.1, 0.15) is 21.6 Å². The van der Waals surface area contributed by atoms with Crippen LogP contribution in [0.2, 0.25) is 0 Å². The monoisotopic (exact) mass is 263 g/mol. The molecule has 0 aliphatic carbocycles. The Bertz CT molecular complexity index is 668. The molecule has 0 amide bonds. The molecule has 0 aliphatic rings. The first kappa shape index (κ1) is 12.9. The van der Waals surface area contributed by atoms with Gasteiger partial charge in [-0.2, -0.15) is 4.74 Å². The summed E-state index contributed by atoms with van der Waals surface area (Å²) in [7, 11) is 1.54. The molecular weight excluding hydrogens is 250 g/mol. The largest absolute Gasteiger partial charge is 0.497 e. The average molecular weight is 263 g/mol. The van der Waals surface area contributed by atoms with Crippen LogP contribution in [0.3, 0.4) is 0 Å². The summed E-state index contributed by atoms with van der Waals surface area (Å²) >= 11 is 0. The van der Waals surface area contributed by atoms with Crippen molar-refractivity contribution >= 4 is 5.97 Å². The van der Waals surface area contributed by atoms with Crippen molar-refractivity contribution in [2.75, 3.05) is 7.11 Å². The number of carboxylic acid groups (broad SMARTS) is 1. The predicted octanol–water partition coefficient (Wildman–Crippen LogP) is 1.50. The van der Waals surface area contributed by atoms with Gasteiger partial charge in [0, 0.05) is 0 Å². The average Bonchev–Trinajstić information content (AvgIpc) is 2.65. The first-order valence-electron chi connectivity index (χ1n) is 5.60. The number of benzene rings is 1. The number of aromatic nitrogens is 1. The number of methoxy groups -OCH3 is 1. The number of carboxylic acids is 1. The van der Waals surface area contributed by atoms with Crippen molar-refractivity contribution in [1.82, 2.24) is 4.74 Å². The number of rotatable bonds is 4. The van der Waals surface area contributed by atoms with Gasteiger partial charge in [-0.15, -0.1) is 0 Å². The topological polar surface area (TPSA) is 81.7 Å². The van der Waals surface area contributed by atoms with Gasteiger partial charge in [-0.25, -0.2) is 9.59 Å². The maximum absolute atomic E-state index is 11.4. The molecule has 6 nitrogen and oxygen atoms in total. The standard InChI is InChI=1S/C13H13NO5/c1-8-11(12(15)16)14(19-13(8)17)7-9-4-3-5-10(6-9)18-2/h3-6H,7H2,1-2H3,(H,15,16). The minimum absolute atomic E-state index is 0.0930. The van der Waals surface area contributed by atoms with Crippen molar-refractivity contribution in [2.24, 2.45) is 0 Å². The van der Waals surface area contributed by atoms with Gasteiger partial charge < -0.3 is 14.4 Å². The molecule has 0 radical (unpaired) electrons. The lowest BCUT2D eigenvalue weighted by Gasteiger charge is -2.06. The van der Waals surface area contributed by atoms with Gasteiger partial charge in [-0.1, -0.05) is 12.1 Å². The second-order valence-corrected chi connectivity index (χ2v) is 4.05. The Balaban J connectivity index is 2.40. The normalized spacial score (nSPS) is 10.4. The molecule has 19 heavy (non-hydrogen) atoms. The van der Waals surface area contributed by atoms with Crippen LogP contribution in [0.5, 0.6) is 5.75 Å². The van der Waals surface area contributed by atoms with E-state index in [1.54, 1.807) is 31.4 Å². The van der Waals surface area contributed by atoms with Crippen LogP contribution < -0.4 is 10.4 Å². The fourth-order valence-corrected chi connectivity index (χ4v) is 1.81. The van der Waals surface area contributed by atoms with Crippen molar-refractivity contribution < 1.29 is 19.2 Å². The van der Waals surface area contributed by atoms with Crippen molar-refractivity contribution in [3.63, 3.8) is 0 Å². The van der Waals surface area contributed by atoms with Crippen LogP contribution in [0.25, 0.3) is 0 Å². The van der Waals surface area contributed by atoms with E-state index in [2.05, 4.69) is 0 Å². The minimum atomic E-state index is -1.19. The molecule has 0 bridgehead atoms. The molecule has 6 heteroatoms. The van der Waals surface area contributed by atoms with Crippen LogP contribution in [-0.4, -0.2) is 22.9 Å². The summed E-state index contributed by atoms with van der Waals surface area (Å²) in [5.41, 5.74) is 0.101. The van der Waals surface area contributed by atoms with Gasteiger partial charge in [0.05, 0.1) is 19.2 Å². The predicted molar refractivity (Wildman–Crippen MR) is 66.8 cm³/mol. The van der Waals surface area contributed by atoms with E-state index in [9.17, 15) is 9.59 Å². The molecule has 2 rings (SSSR count). The van der Waals surface area contributed by atoms with Crippen LogP contribution in [0.15, 0.2) is 33.6 Å². The van der Waals surface area contributed by atoms with Gasteiger partial charge in [-0.3, -0.25) is 0 Å². The zero-order valence-corrected chi connectivity index (χ0v) is 10.5. The quantitative estimate of drug-likeness (QED) is 0.904. The molecule has 0 atom stereocenters. The Hall–Kier alpha value is -2.50. The summed E-state index contributed by atoms with van der Waals surface area (Å²) in [5.74, 6) is -0.535. The molecule has 0 saturated carbocycles. The van der Waals surface area contributed by atoms with Crippen LogP contribution in [-0.2, 0) is 6.54 Å². The third-order valence-corrected chi connectivity index (χ3v) is 2.77. The molecule has 1 aromatic carbocycles. The number of carbonyl (C=O) groups is 1. The molecule has 2 aromatic rings. The lowest BCUT2D eigenvalue weighted by Crippen LogP contribution is -2.10. The lowest BCUT2D eigenvalue weighted by molar-refractivity contribution is 0.0669. The van der Waals surface area contributed by atoms with Gasteiger partial charge in [0.15, 0.2) is 5.69 Å². The molecule has 100 valence electrons. The number of hydrogen-bond donors (Lipinski definition) is 1. The molecular formula is C13H13NO5. The molecule has 1 heterocycles. The number of hydrogen-bond acceptors (Lipinski definition) is 4. The molecule has 0 saturated heterocycles. The molecule has 0 unspecified atom stereocenters. The molecule has 0 fully saturated rings. The van der Waals surface area contributed by atoms with Gasteiger partial charge >= 0.3 is 11.6 Å². The fourth-order valence-electron chi connectivity index (χ4n) is 1.81. The Morgan fingerprint density at radius 1 is 1.47 bits per heavy atom. The van der Waals surface area contributed by atoms with Crippen LogP contribution in [0.4, 0.5) is 0 Å². The Kier molecular flexibility index (Phi) is 3.41. The number of ether oxygens (including phenoxy) is 1. The third kappa shape index (κ3) is 2.52. The summed E-state index contributed by atoms with van der Waals surface area (Å²) < 4.78 is 11.1. The van der Waals surface area contributed by atoms with Crippen LogP contribution >= 0.6 is 0 Å². The summed E-state index contributed by atoms with van der Waals surface area (Å²) in [6.07, 6.45) is 0. The smallest absolute Gasteiger partial charge is 0.361 e. The van der Waals surface area contributed by atoms with E-state index in [1.807, 2.05) is 0 Å². The Morgan fingerprint density at radius 2 is 2.21 bits per heavy atom. The molecule has 0 aliphatic heterocycles.